The van der Waals surface area contributed by atoms with Gasteiger partial charge in [-0.1, -0.05) is 6.07 Å². The van der Waals surface area contributed by atoms with E-state index in [1.807, 2.05) is 0 Å². The molecule has 11 nitrogen and oxygen atoms in total. The molecule has 2 aliphatic heterocycles. The van der Waals surface area contributed by atoms with Gasteiger partial charge in [0.15, 0.2) is 28.7 Å². The van der Waals surface area contributed by atoms with Gasteiger partial charge >= 0.3 is 21.6 Å². The van der Waals surface area contributed by atoms with E-state index in [4.69, 9.17) is 14.2 Å². The van der Waals surface area contributed by atoms with Crippen molar-refractivity contribution in [2.75, 3.05) is 21.0 Å². The molecule has 0 radical (unpaired) electrons. The van der Waals surface area contributed by atoms with E-state index in [9.17, 15) is 35.4 Å². The van der Waals surface area contributed by atoms with Gasteiger partial charge in [-0.25, -0.2) is 9.00 Å². The Bertz CT molecular complexity index is 1360. The third-order valence-electron chi connectivity index (χ3n) is 5.16. The van der Waals surface area contributed by atoms with Crippen LogP contribution in [0, 0.1) is 0 Å². The van der Waals surface area contributed by atoms with Gasteiger partial charge in [-0.05, 0) is 29.8 Å². The molecule has 0 saturated heterocycles. The summed E-state index contributed by atoms with van der Waals surface area (Å²) < 4.78 is 102. The number of alkyl halides is 3. The van der Waals surface area contributed by atoms with Crippen LogP contribution in [0.4, 0.5) is 13.2 Å². The summed E-state index contributed by atoms with van der Waals surface area (Å²) in [4.78, 5) is 25.7. The van der Waals surface area contributed by atoms with E-state index in [1.54, 1.807) is 0 Å². The number of rotatable bonds is 6. The molecule has 1 aliphatic carbocycles. The predicted molar refractivity (Wildman–Crippen MR) is 113 cm³/mol. The molecule has 0 spiro atoms. The largest absolute Gasteiger partial charge is 0.534 e. The highest BCUT2D eigenvalue weighted by molar-refractivity contribution is 7.87. The Kier molecular flexibility index (Phi) is 6.51. The molecule has 0 aromatic heterocycles. The molecule has 0 fully saturated rings. The van der Waals surface area contributed by atoms with E-state index in [-0.39, 0.29) is 12.6 Å². The number of ketones is 1. The summed E-state index contributed by atoms with van der Waals surface area (Å²) in [6.07, 6.45) is 2.02. The number of fused-ring (bicyclic) bond motifs is 2. The molecule has 0 saturated carbocycles. The number of methoxy groups -OCH3 is 2. The zero-order valence-corrected chi connectivity index (χ0v) is 20.0. The molecule has 1 aromatic rings. The van der Waals surface area contributed by atoms with E-state index >= 15 is 0 Å². The average molecular weight is 551 g/mol. The van der Waals surface area contributed by atoms with Crippen molar-refractivity contribution in [3.8, 4) is 11.5 Å². The first-order valence-corrected chi connectivity index (χ1v) is 12.4. The highest BCUT2D eigenvalue weighted by Gasteiger charge is 2.53. The number of nitrogens with zero attached hydrogens (tertiary/aromatic N) is 1. The Morgan fingerprint density at radius 1 is 1.19 bits per heavy atom. The van der Waals surface area contributed by atoms with Crippen LogP contribution in [-0.2, 0) is 50.9 Å². The number of hydrogen-bond acceptors (Lipinski definition) is 10. The smallest absolute Gasteiger partial charge is 0.493 e. The number of carbonyl (C=O) groups is 2. The Balaban J connectivity index is 1.91. The first kappa shape index (κ1) is 25.6. The second kappa shape index (κ2) is 9.16. The fraction of sp³-hybridized carbons (Fsp3) is 0.300. The number of benzene rings is 1. The van der Waals surface area contributed by atoms with Crippen LogP contribution in [0.2, 0.25) is 0 Å². The second-order valence-corrected chi connectivity index (χ2v) is 10.3. The fourth-order valence-corrected chi connectivity index (χ4v) is 5.58. The lowest BCUT2D eigenvalue weighted by Crippen LogP contribution is -2.47. The molecule has 4 rings (SSSR count). The minimum Gasteiger partial charge on any atom is -0.493 e. The van der Waals surface area contributed by atoms with Crippen LogP contribution in [-0.4, -0.2) is 60.5 Å². The van der Waals surface area contributed by atoms with E-state index in [1.165, 1.54) is 18.2 Å². The lowest BCUT2D eigenvalue weighted by atomic mass is 9.98. The standard InChI is InChI=1S/C20H16F3NO10S2/c1-30-13-6-4-11-17(34-36(28,29)20(21,22)23)15(19(26)31-2)24(35(27)18(11)16(13)25)8-10-3-5-12-14(7-10)33-9-32-12/h3-7,18H,8-9H2,1-2H3. The molecule has 0 N–H and O–H groups in total. The van der Waals surface area contributed by atoms with E-state index in [0.717, 1.165) is 30.7 Å². The van der Waals surface area contributed by atoms with Crippen molar-refractivity contribution < 1.29 is 58.5 Å². The van der Waals surface area contributed by atoms with Crippen LogP contribution < -0.4 is 9.47 Å². The summed E-state index contributed by atoms with van der Waals surface area (Å²) in [5, 5.41) is -1.74. The highest BCUT2D eigenvalue weighted by Crippen LogP contribution is 2.41. The van der Waals surface area contributed by atoms with Gasteiger partial charge in [0, 0.05) is 5.57 Å². The van der Waals surface area contributed by atoms with E-state index in [0.29, 0.717) is 17.1 Å². The Labute approximate surface area is 204 Å². The predicted octanol–water partition coefficient (Wildman–Crippen LogP) is 1.55. The molecule has 194 valence electrons. The van der Waals surface area contributed by atoms with Crippen molar-refractivity contribution in [1.29, 1.82) is 0 Å². The molecular weight excluding hydrogens is 535 g/mol. The number of carbonyl (C=O) groups excluding carboxylic acids is 2. The molecule has 36 heavy (non-hydrogen) atoms. The minimum absolute atomic E-state index is 0.0636. The van der Waals surface area contributed by atoms with E-state index in [2.05, 4.69) is 8.92 Å². The van der Waals surface area contributed by atoms with Crippen LogP contribution in [0.3, 0.4) is 0 Å². The van der Waals surface area contributed by atoms with Gasteiger partial charge in [-0.15, -0.1) is 0 Å². The zero-order chi connectivity index (χ0) is 26.4. The molecule has 0 amide bonds. The maximum absolute atomic E-state index is 13.6. The highest BCUT2D eigenvalue weighted by atomic mass is 32.2. The second-order valence-electron chi connectivity index (χ2n) is 7.25. The van der Waals surface area contributed by atoms with Crippen LogP contribution in [0.1, 0.15) is 5.56 Å². The molecule has 0 bridgehead atoms. The Morgan fingerprint density at radius 2 is 1.89 bits per heavy atom. The fourth-order valence-electron chi connectivity index (χ4n) is 3.52. The van der Waals surface area contributed by atoms with Gasteiger partial charge in [0.2, 0.25) is 12.6 Å². The third-order valence-corrected chi connectivity index (χ3v) is 7.73. The maximum Gasteiger partial charge on any atom is 0.534 e. The normalized spacial score (nSPS) is 21.5. The number of Topliss-reactive ketones (excluding diaryl/α,β-unsaturated/α-hetero) is 1. The first-order valence-electron chi connectivity index (χ1n) is 9.80. The van der Waals surface area contributed by atoms with Gasteiger partial charge in [0.05, 0.1) is 20.8 Å². The Hall–Kier alpha value is -3.53. The van der Waals surface area contributed by atoms with Crippen molar-refractivity contribution in [2.45, 2.75) is 17.3 Å². The number of ether oxygens (including phenoxy) is 4. The maximum atomic E-state index is 13.6. The van der Waals surface area contributed by atoms with Gasteiger partial charge < -0.3 is 23.1 Å². The average Bonchev–Trinajstić information content (AvgIpc) is 3.28. The van der Waals surface area contributed by atoms with Gasteiger partial charge in [-0.3, -0.25) is 9.10 Å². The number of allylic oxidation sites excluding steroid dienone is 4. The zero-order valence-electron chi connectivity index (χ0n) is 18.4. The van der Waals surface area contributed by atoms with Gasteiger partial charge in [0.1, 0.15) is 16.2 Å². The molecule has 3 aliphatic rings. The number of halogens is 3. The quantitative estimate of drug-likeness (QED) is 0.291. The van der Waals surface area contributed by atoms with Crippen molar-refractivity contribution in [2.24, 2.45) is 0 Å². The topological polar surface area (TPSA) is 135 Å². The summed E-state index contributed by atoms with van der Waals surface area (Å²) in [6.45, 7) is -0.512. The minimum atomic E-state index is -6.31. The van der Waals surface area contributed by atoms with Crippen LogP contribution in [0.5, 0.6) is 11.5 Å². The molecule has 2 atom stereocenters. The molecular formula is C20H16F3NO10S2. The summed E-state index contributed by atoms with van der Waals surface area (Å²) in [6, 6.07) is 4.44. The molecule has 2 heterocycles. The third kappa shape index (κ3) is 4.30. The SMILES string of the molecule is COC(=O)C1=C(OS(=O)(=O)C(F)(F)F)C2=CC=C(OC)C(=O)C2S(=O)N1Cc1ccc2c(c1)OCO2. The summed E-state index contributed by atoms with van der Waals surface area (Å²) in [5.74, 6) is -3.04. The molecule has 1 aromatic carbocycles. The summed E-state index contributed by atoms with van der Waals surface area (Å²) >= 11 is 0. The van der Waals surface area contributed by atoms with E-state index < -0.39 is 67.2 Å². The van der Waals surface area contributed by atoms with Crippen LogP contribution in [0.25, 0.3) is 0 Å². The van der Waals surface area contributed by atoms with Crippen molar-refractivity contribution in [1.82, 2.24) is 4.31 Å². The summed E-state index contributed by atoms with van der Waals surface area (Å²) in [7, 11) is -6.76. The number of esters is 1. The van der Waals surface area contributed by atoms with Crippen molar-refractivity contribution in [3.05, 3.63) is 58.7 Å². The van der Waals surface area contributed by atoms with Crippen molar-refractivity contribution >= 4 is 32.9 Å². The van der Waals surface area contributed by atoms with Crippen LogP contribution in [0.15, 0.2) is 53.1 Å². The lowest BCUT2D eigenvalue weighted by molar-refractivity contribution is -0.137. The van der Waals surface area contributed by atoms with Crippen LogP contribution >= 0.6 is 0 Å². The van der Waals surface area contributed by atoms with Crippen molar-refractivity contribution in [3.63, 3.8) is 0 Å². The molecule has 16 heteroatoms. The monoisotopic (exact) mass is 551 g/mol. The van der Waals surface area contributed by atoms with Gasteiger partial charge in [-0.2, -0.15) is 21.6 Å². The molecule has 2 unspecified atom stereocenters. The number of hydrogen-bond donors (Lipinski definition) is 0. The first-order chi connectivity index (χ1) is 16.9. The Morgan fingerprint density at radius 3 is 2.53 bits per heavy atom. The summed E-state index contributed by atoms with van der Waals surface area (Å²) in [5.41, 5.74) is -6.98. The van der Waals surface area contributed by atoms with Gasteiger partial charge in [0.25, 0.3) is 0 Å². The lowest BCUT2D eigenvalue weighted by Gasteiger charge is -2.36.